The largest absolute Gasteiger partial charge is 0.370 e. The number of carbonyl (C=O) groups is 2. The maximum absolute atomic E-state index is 11.1. The summed E-state index contributed by atoms with van der Waals surface area (Å²) in [5.41, 5.74) is 5.81. The summed E-state index contributed by atoms with van der Waals surface area (Å²) in [6.07, 6.45) is 14.2. The molecule has 0 rings (SSSR count). The Kier molecular flexibility index (Phi) is 19.3. The number of unbranched alkanes of at least 4 members (excludes halogenated alkanes) is 11. The molecule has 0 saturated heterocycles. The fourth-order valence-corrected chi connectivity index (χ4v) is 2.52. The van der Waals surface area contributed by atoms with Gasteiger partial charge in [0.05, 0.1) is 6.61 Å². The Labute approximate surface area is 181 Å². The van der Waals surface area contributed by atoms with E-state index in [0.717, 1.165) is 32.2 Å². The number of rotatable bonds is 21. The maximum atomic E-state index is 11.1. The van der Waals surface area contributed by atoms with Crippen molar-refractivity contribution in [2.45, 2.75) is 90.9 Å². The van der Waals surface area contributed by atoms with Crippen LogP contribution in [-0.2, 0) is 29.2 Å². The highest BCUT2D eigenvalue weighted by molar-refractivity contribution is 5.86. The molecule has 0 atom stereocenters. The summed E-state index contributed by atoms with van der Waals surface area (Å²) >= 11 is 0. The average molecular weight is 429 g/mol. The number of carbonyl (C=O) groups excluding carboxylic acids is 2. The van der Waals surface area contributed by atoms with E-state index < -0.39 is 11.9 Å². The molecule has 0 saturated carbocycles. The SMILES string of the molecule is C=C(C)C(=O)OOCCCCCCCCCCCCCCNNOOC(=O)C(=C)C. The van der Waals surface area contributed by atoms with E-state index in [1.807, 2.05) is 0 Å². The van der Waals surface area contributed by atoms with Crippen molar-refractivity contribution in [1.82, 2.24) is 11.0 Å². The fourth-order valence-electron chi connectivity index (χ4n) is 2.52. The van der Waals surface area contributed by atoms with E-state index >= 15 is 0 Å². The smallest absolute Gasteiger partial charge is 0.293 e. The number of hydrogen-bond acceptors (Lipinski definition) is 8. The van der Waals surface area contributed by atoms with Crippen LogP contribution in [0, 0.1) is 0 Å². The highest BCUT2D eigenvalue weighted by Gasteiger charge is 2.04. The van der Waals surface area contributed by atoms with Crippen molar-refractivity contribution in [2.24, 2.45) is 0 Å². The lowest BCUT2D eigenvalue weighted by molar-refractivity contribution is -0.314. The van der Waals surface area contributed by atoms with Crippen molar-refractivity contribution < 1.29 is 29.2 Å². The van der Waals surface area contributed by atoms with Crippen LogP contribution in [0.15, 0.2) is 24.3 Å². The minimum absolute atomic E-state index is 0.280. The van der Waals surface area contributed by atoms with Gasteiger partial charge < -0.3 is 0 Å². The van der Waals surface area contributed by atoms with Gasteiger partial charge in [0.1, 0.15) is 0 Å². The van der Waals surface area contributed by atoms with Gasteiger partial charge in [-0.15, -0.1) is 0 Å². The lowest BCUT2D eigenvalue weighted by atomic mass is 10.1. The zero-order chi connectivity index (χ0) is 22.5. The minimum Gasteiger partial charge on any atom is -0.293 e. The molecule has 0 heterocycles. The predicted molar refractivity (Wildman–Crippen MR) is 115 cm³/mol. The van der Waals surface area contributed by atoms with Crippen LogP contribution in [0.4, 0.5) is 0 Å². The Hall–Kier alpha value is -1.74. The summed E-state index contributed by atoms with van der Waals surface area (Å²) in [5, 5.41) is 0. The van der Waals surface area contributed by atoms with E-state index in [1.165, 1.54) is 51.4 Å². The van der Waals surface area contributed by atoms with Gasteiger partial charge in [-0.1, -0.05) is 87.9 Å². The van der Waals surface area contributed by atoms with Gasteiger partial charge in [-0.3, -0.25) is 9.78 Å². The molecule has 8 nitrogen and oxygen atoms in total. The number of hydrogen-bond donors (Lipinski definition) is 2. The molecule has 0 radical (unpaired) electrons. The Bertz CT molecular complexity index is 452. The molecule has 0 fully saturated rings. The molecule has 0 bridgehead atoms. The van der Waals surface area contributed by atoms with Crippen molar-refractivity contribution in [3.05, 3.63) is 24.3 Å². The second kappa shape index (κ2) is 20.5. The molecule has 0 spiro atoms. The first-order chi connectivity index (χ1) is 14.4. The molecule has 0 amide bonds. The summed E-state index contributed by atoms with van der Waals surface area (Å²) in [7, 11) is 0. The van der Waals surface area contributed by atoms with Gasteiger partial charge in [0.25, 0.3) is 0 Å². The van der Waals surface area contributed by atoms with Crippen molar-refractivity contribution in [1.29, 1.82) is 0 Å². The zero-order valence-electron chi connectivity index (χ0n) is 18.8. The summed E-state index contributed by atoms with van der Waals surface area (Å²) in [5.74, 6) is -1.10. The first-order valence-corrected chi connectivity index (χ1v) is 11.0. The lowest BCUT2D eigenvalue weighted by Gasteiger charge is -2.06. The second-order valence-electron chi connectivity index (χ2n) is 7.48. The Morgan fingerprint density at radius 1 is 0.667 bits per heavy atom. The van der Waals surface area contributed by atoms with Crippen molar-refractivity contribution >= 4 is 11.9 Å². The number of nitrogens with one attached hydrogen (secondary N) is 2. The van der Waals surface area contributed by atoms with Crippen LogP contribution in [0.3, 0.4) is 0 Å². The summed E-state index contributed by atoms with van der Waals surface area (Å²) < 4.78 is 0. The molecule has 0 aromatic rings. The van der Waals surface area contributed by atoms with Gasteiger partial charge in [0, 0.05) is 17.7 Å². The Balaban J connectivity index is 3.13. The van der Waals surface area contributed by atoms with Gasteiger partial charge >= 0.3 is 11.9 Å². The average Bonchev–Trinajstić information content (AvgIpc) is 2.71. The van der Waals surface area contributed by atoms with Gasteiger partial charge in [-0.2, -0.15) is 4.89 Å². The topological polar surface area (TPSA) is 95.1 Å². The summed E-state index contributed by atoms with van der Waals surface area (Å²) in [4.78, 5) is 40.5. The van der Waals surface area contributed by atoms with Crippen LogP contribution in [0.2, 0.25) is 0 Å². The highest BCUT2D eigenvalue weighted by Crippen LogP contribution is 2.12. The molecule has 2 N–H and O–H groups in total. The highest BCUT2D eigenvalue weighted by atomic mass is 17.3. The maximum Gasteiger partial charge on any atom is 0.370 e. The Morgan fingerprint density at radius 2 is 1.10 bits per heavy atom. The normalized spacial score (nSPS) is 10.6. The third-order valence-corrected chi connectivity index (χ3v) is 4.34. The lowest BCUT2D eigenvalue weighted by Crippen LogP contribution is -2.33. The molecule has 0 aliphatic heterocycles. The monoisotopic (exact) mass is 428 g/mol. The third-order valence-electron chi connectivity index (χ3n) is 4.34. The number of hydrazine groups is 1. The molecule has 0 aliphatic rings. The quantitative estimate of drug-likeness (QED) is 0.117. The van der Waals surface area contributed by atoms with Crippen molar-refractivity contribution in [2.75, 3.05) is 13.2 Å². The first kappa shape index (κ1) is 28.3. The summed E-state index contributed by atoms with van der Waals surface area (Å²) in [6, 6.07) is 0. The van der Waals surface area contributed by atoms with Gasteiger partial charge in [0.15, 0.2) is 0 Å². The molecule has 0 aliphatic carbocycles. The summed E-state index contributed by atoms with van der Waals surface area (Å²) in [6.45, 7) is 11.3. The van der Waals surface area contributed by atoms with Crippen LogP contribution >= 0.6 is 0 Å². The molecular weight excluding hydrogens is 388 g/mol. The van der Waals surface area contributed by atoms with Crippen LogP contribution in [0.5, 0.6) is 0 Å². The van der Waals surface area contributed by atoms with Crippen LogP contribution in [0.1, 0.15) is 90.9 Å². The van der Waals surface area contributed by atoms with E-state index in [9.17, 15) is 9.59 Å². The van der Waals surface area contributed by atoms with Crippen LogP contribution in [0.25, 0.3) is 0 Å². The molecule has 8 heteroatoms. The van der Waals surface area contributed by atoms with E-state index in [-0.39, 0.29) is 5.57 Å². The first-order valence-electron chi connectivity index (χ1n) is 11.0. The van der Waals surface area contributed by atoms with E-state index in [0.29, 0.717) is 12.2 Å². The van der Waals surface area contributed by atoms with E-state index in [4.69, 9.17) is 4.89 Å². The van der Waals surface area contributed by atoms with Crippen LogP contribution in [-0.4, -0.2) is 25.1 Å². The van der Waals surface area contributed by atoms with Crippen LogP contribution < -0.4 is 11.0 Å². The van der Waals surface area contributed by atoms with Gasteiger partial charge in [-0.25, -0.2) is 15.0 Å². The van der Waals surface area contributed by atoms with Gasteiger partial charge in [-0.05, 0) is 26.7 Å². The standard InChI is InChI=1S/C22H40N2O6/c1-19(2)21(25)28-27-18-16-14-12-10-8-6-5-7-9-11-13-15-17-23-24-30-29-22(26)20(3)4/h23-24H,1,3,5-18H2,2,4H3. The Morgan fingerprint density at radius 3 is 1.60 bits per heavy atom. The molecular formula is C22H40N2O6. The molecule has 30 heavy (non-hydrogen) atoms. The third kappa shape index (κ3) is 19.6. The second-order valence-corrected chi connectivity index (χ2v) is 7.48. The zero-order valence-corrected chi connectivity index (χ0v) is 18.8. The predicted octanol–water partition coefficient (Wildman–Crippen LogP) is 4.78. The van der Waals surface area contributed by atoms with E-state index in [1.54, 1.807) is 13.8 Å². The van der Waals surface area contributed by atoms with Crippen molar-refractivity contribution in [3.8, 4) is 0 Å². The van der Waals surface area contributed by atoms with E-state index in [2.05, 4.69) is 38.9 Å². The fraction of sp³-hybridized carbons (Fsp3) is 0.727. The molecule has 0 unspecified atom stereocenters. The molecule has 0 aromatic heterocycles. The minimum atomic E-state index is -0.599. The van der Waals surface area contributed by atoms with Crippen molar-refractivity contribution in [3.63, 3.8) is 0 Å². The van der Waals surface area contributed by atoms with Gasteiger partial charge in [0.2, 0.25) is 0 Å². The molecule has 0 aromatic carbocycles. The molecule has 174 valence electrons.